The van der Waals surface area contributed by atoms with Gasteiger partial charge in [0.2, 0.25) is 5.78 Å². The maximum absolute atomic E-state index is 18.1. The van der Waals surface area contributed by atoms with E-state index in [1.807, 2.05) is 0 Å². The average Bonchev–Trinajstić information content (AvgIpc) is 3.18. The van der Waals surface area contributed by atoms with E-state index in [1.165, 1.54) is 19.1 Å². The van der Waals surface area contributed by atoms with Gasteiger partial charge in [-0.25, -0.2) is 8.78 Å². The first-order chi connectivity index (χ1) is 19.2. The van der Waals surface area contributed by atoms with E-state index in [-0.39, 0.29) is 44.1 Å². The summed E-state index contributed by atoms with van der Waals surface area (Å²) in [4.78, 5) is 63.4. The van der Waals surface area contributed by atoms with Crippen LogP contribution in [0.15, 0.2) is 23.8 Å². The van der Waals surface area contributed by atoms with Crippen molar-refractivity contribution in [2.75, 3.05) is 6.61 Å². The first kappa shape index (κ1) is 31.0. The number of ether oxygens (including phenoxy) is 3. The lowest BCUT2D eigenvalue weighted by Crippen LogP contribution is -2.71. The van der Waals surface area contributed by atoms with Gasteiger partial charge in [-0.3, -0.25) is 24.0 Å². The van der Waals surface area contributed by atoms with E-state index < -0.39 is 82.3 Å². The molecule has 8 atom stereocenters. The Morgan fingerprint density at radius 1 is 1.05 bits per heavy atom. The molecule has 0 aromatic heterocycles. The Balaban J connectivity index is 1.88. The van der Waals surface area contributed by atoms with E-state index in [0.29, 0.717) is 12.8 Å². The Labute approximate surface area is 239 Å². The van der Waals surface area contributed by atoms with E-state index in [2.05, 4.69) is 0 Å². The zero-order chi connectivity index (χ0) is 30.4. The lowest BCUT2D eigenvalue weighted by molar-refractivity contribution is -0.237. The highest BCUT2D eigenvalue weighted by Crippen LogP contribution is 2.71. The van der Waals surface area contributed by atoms with Gasteiger partial charge < -0.3 is 14.2 Å². The molecule has 0 radical (unpaired) electrons. The van der Waals surface area contributed by atoms with Crippen LogP contribution >= 0.6 is 0 Å². The van der Waals surface area contributed by atoms with Crippen molar-refractivity contribution in [3.05, 3.63) is 23.8 Å². The van der Waals surface area contributed by atoms with Crippen LogP contribution in [0, 0.1) is 22.7 Å². The standard InChI is InChI=1S/C31H40F2O8/c1-6-8-26(37)40-25-16-29(5)20(11-13-30(29,41-27(38)9-7-2)24(36)17-39-18(3)34)21-15-23(32)22-14-19(35)10-12-28(22,4)31(21,25)33/h10,12,14,20-21,23,25H,6-9,11,13,15-17H2,1-5H3/t20-,21-,23-,25-,28-,29-,30-,31-/m0/s1. The van der Waals surface area contributed by atoms with Crippen LogP contribution in [0.3, 0.4) is 0 Å². The second-order valence-electron chi connectivity index (χ2n) is 12.4. The van der Waals surface area contributed by atoms with Crippen molar-refractivity contribution in [2.45, 2.75) is 110 Å². The number of carbonyl (C=O) groups excluding carboxylic acids is 5. The monoisotopic (exact) mass is 578 g/mol. The van der Waals surface area contributed by atoms with E-state index in [9.17, 15) is 24.0 Å². The normalized spacial score (nSPS) is 39.1. The highest BCUT2D eigenvalue weighted by Gasteiger charge is 2.77. The Hall–Kier alpha value is -2.91. The number of hydrogen-bond donors (Lipinski definition) is 0. The fourth-order valence-corrected chi connectivity index (χ4v) is 8.12. The van der Waals surface area contributed by atoms with Crippen LogP contribution in [-0.2, 0) is 38.2 Å². The van der Waals surface area contributed by atoms with Gasteiger partial charge in [-0.1, -0.05) is 26.8 Å². The zero-order valence-corrected chi connectivity index (χ0v) is 24.4. The van der Waals surface area contributed by atoms with Crippen molar-refractivity contribution < 1.29 is 47.0 Å². The lowest BCUT2D eigenvalue weighted by Gasteiger charge is -2.63. The molecule has 0 aliphatic heterocycles. The zero-order valence-electron chi connectivity index (χ0n) is 24.4. The molecule has 0 amide bonds. The molecule has 0 unspecified atom stereocenters. The van der Waals surface area contributed by atoms with E-state index in [4.69, 9.17) is 14.2 Å². The minimum Gasteiger partial charge on any atom is -0.459 e. The summed E-state index contributed by atoms with van der Waals surface area (Å²) in [7, 11) is 0. The molecule has 0 spiro atoms. The molecule has 0 heterocycles. The predicted molar refractivity (Wildman–Crippen MR) is 143 cm³/mol. The Morgan fingerprint density at radius 3 is 2.34 bits per heavy atom. The van der Waals surface area contributed by atoms with Crippen LogP contribution in [0.1, 0.15) is 86.0 Å². The van der Waals surface area contributed by atoms with Crippen LogP contribution < -0.4 is 0 Å². The number of ketones is 2. The fourth-order valence-electron chi connectivity index (χ4n) is 8.12. The summed E-state index contributed by atoms with van der Waals surface area (Å²) in [6.07, 6.45) is 1.40. The van der Waals surface area contributed by atoms with Gasteiger partial charge in [-0.05, 0) is 69.1 Å². The maximum atomic E-state index is 18.1. The number of rotatable bonds is 9. The molecule has 3 saturated carbocycles. The number of Topliss-reactive ketones (excluding diaryl/α,β-unsaturated/α-hetero) is 1. The highest BCUT2D eigenvalue weighted by atomic mass is 19.1. The number of alkyl halides is 2. The number of esters is 3. The molecule has 0 N–H and O–H groups in total. The summed E-state index contributed by atoms with van der Waals surface area (Å²) < 4.78 is 50.9. The van der Waals surface area contributed by atoms with Crippen LogP contribution in [0.5, 0.6) is 0 Å². The van der Waals surface area contributed by atoms with Gasteiger partial charge >= 0.3 is 17.9 Å². The lowest BCUT2D eigenvalue weighted by atomic mass is 9.44. The maximum Gasteiger partial charge on any atom is 0.306 e. The summed E-state index contributed by atoms with van der Waals surface area (Å²) >= 11 is 0. The molecule has 41 heavy (non-hydrogen) atoms. The van der Waals surface area contributed by atoms with E-state index in [0.717, 1.165) is 13.0 Å². The summed E-state index contributed by atoms with van der Waals surface area (Å²) in [5, 5.41) is 0. The predicted octanol–water partition coefficient (Wildman–Crippen LogP) is 4.87. The van der Waals surface area contributed by atoms with Crippen molar-refractivity contribution in [1.82, 2.24) is 0 Å². The molecule has 3 fully saturated rings. The fraction of sp³-hybridized carbons (Fsp3) is 0.710. The van der Waals surface area contributed by atoms with Gasteiger partial charge in [-0.2, -0.15) is 0 Å². The van der Waals surface area contributed by atoms with Crippen molar-refractivity contribution >= 4 is 29.5 Å². The Bertz CT molecular complexity index is 1190. The number of allylic oxidation sites excluding steroid dienone is 4. The molecule has 4 rings (SSSR count). The highest BCUT2D eigenvalue weighted by molar-refractivity contribution is 6.01. The van der Waals surface area contributed by atoms with Crippen LogP contribution in [0.2, 0.25) is 0 Å². The molecule has 0 bridgehead atoms. The SMILES string of the molecule is CCCC(=O)O[C@H]1C[C@@]2(C)[C@@H](CC[C@]2(OC(=O)CCC)C(=O)COC(C)=O)[C@@H]2C[C@H](F)C3=CC(=O)C=C[C@]3(C)[C@@]12F. The van der Waals surface area contributed by atoms with Crippen LogP contribution in [0.4, 0.5) is 8.78 Å². The summed E-state index contributed by atoms with van der Waals surface area (Å²) in [5.41, 5.74) is -6.95. The second-order valence-corrected chi connectivity index (χ2v) is 12.4. The van der Waals surface area contributed by atoms with Crippen LogP contribution in [0.25, 0.3) is 0 Å². The van der Waals surface area contributed by atoms with Crippen molar-refractivity contribution in [3.63, 3.8) is 0 Å². The summed E-state index contributed by atoms with van der Waals surface area (Å²) in [6.45, 7) is 7.30. The van der Waals surface area contributed by atoms with Gasteiger partial charge in [0, 0.05) is 36.5 Å². The molecule has 0 aromatic carbocycles. The topological polar surface area (TPSA) is 113 Å². The number of halogens is 2. The molecular formula is C31H40F2O8. The third-order valence-corrected chi connectivity index (χ3v) is 10.1. The quantitative estimate of drug-likeness (QED) is 0.281. The van der Waals surface area contributed by atoms with Crippen molar-refractivity contribution in [2.24, 2.45) is 22.7 Å². The molecule has 8 nitrogen and oxygen atoms in total. The number of carbonyl (C=O) groups is 5. The van der Waals surface area contributed by atoms with Gasteiger partial charge in [0.05, 0.1) is 0 Å². The largest absolute Gasteiger partial charge is 0.459 e. The summed E-state index contributed by atoms with van der Waals surface area (Å²) in [5.74, 6) is -4.73. The molecule has 0 saturated heterocycles. The minimum atomic E-state index is -2.31. The number of fused-ring (bicyclic) bond motifs is 5. The molecular weight excluding hydrogens is 538 g/mol. The van der Waals surface area contributed by atoms with E-state index in [1.54, 1.807) is 20.8 Å². The first-order valence-corrected chi connectivity index (χ1v) is 14.6. The number of hydrogen-bond acceptors (Lipinski definition) is 8. The second kappa shape index (κ2) is 11.1. The van der Waals surface area contributed by atoms with Gasteiger partial charge in [0.15, 0.2) is 23.7 Å². The average molecular weight is 579 g/mol. The third kappa shape index (κ3) is 4.75. The van der Waals surface area contributed by atoms with Crippen molar-refractivity contribution in [1.29, 1.82) is 0 Å². The Kier molecular flexibility index (Phi) is 8.37. The Morgan fingerprint density at radius 2 is 1.71 bits per heavy atom. The van der Waals surface area contributed by atoms with Crippen LogP contribution in [-0.4, -0.2) is 59.6 Å². The smallest absolute Gasteiger partial charge is 0.306 e. The van der Waals surface area contributed by atoms with E-state index >= 15 is 8.78 Å². The summed E-state index contributed by atoms with van der Waals surface area (Å²) in [6, 6.07) is 0. The molecule has 0 aromatic rings. The van der Waals surface area contributed by atoms with Gasteiger partial charge in [0.25, 0.3) is 0 Å². The van der Waals surface area contributed by atoms with Gasteiger partial charge in [0.1, 0.15) is 12.3 Å². The van der Waals surface area contributed by atoms with Gasteiger partial charge in [-0.15, -0.1) is 0 Å². The molecule has 4 aliphatic carbocycles. The third-order valence-electron chi connectivity index (χ3n) is 10.1. The minimum absolute atomic E-state index is 0.00784. The molecule has 10 heteroatoms. The van der Waals surface area contributed by atoms with Crippen molar-refractivity contribution in [3.8, 4) is 0 Å². The first-order valence-electron chi connectivity index (χ1n) is 14.6. The molecule has 226 valence electrons. The molecule has 4 aliphatic rings.